The molecule has 0 radical (unpaired) electrons. The van der Waals surface area contributed by atoms with Gasteiger partial charge in [0, 0.05) is 44.5 Å². The van der Waals surface area contributed by atoms with Crippen molar-refractivity contribution in [1.82, 2.24) is 14.5 Å². The molecule has 0 saturated carbocycles. The molecule has 5 heteroatoms. The number of nitrogens with zero attached hydrogens (tertiary/aromatic N) is 4. The van der Waals surface area contributed by atoms with E-state index in [-0.39, 0.29) is 0 Å². The van der Waals surface area contributed by atoms with Crippen LogP contribution in [-0.4, -0.2) is 54.3 Å². The van der Waals surface area contributed by atoms with Crippen LogP contribution < -0.4 is 9.64 Å². The molecule has 1 aromatic heterocycles. The van der Waals surface area contributed by atoms with Gasteiger partial charge in [0.25, 0.3) is 0 Å². The van der Waals surface area contributed by atoms with Gasteiger partial charge in [-0.3, -0.25) is 4.90 Å². The van der Waals surface area contributed by atoms with Crippen molar-refractivity contribution in [3.8, 4) is 5.75 Å². The maximum Gasteiger partial charge on any atom is 0.120 e. The summed E-state index contributed by atoms with van der Waals surface area (Å²) in [5, 5.41) is 0. The van der Waals surface area contributed by atoms with E-state index in [9.17, 15) is 0 Å². The van der Waals surface area contributed by atoms with E-state index in [0.717, 1.165) is 44.0 Å². The molecular weight excluding hydrogens is 336 g/mol. The van der Waals surface area contributed by atoms with Crippen LogP contribution in [0.5, 0.6) is 5.75 Å². The number of hydrogen-bond acceptors (Lipinski definition) is 4. The lowest BCUT2D eigenvalue weighted by Crippen LogP contribution is -2.46. The van der Waals surface area contributed by atoms with E-state index in [1.54, 1.807) is 7.11 Å². The summed E-state index contributed by atoms with van der Waals surface area (Å²) in [4.78, 5) is 9.52. The molecule has 0 bridgehead atoms. The summed E-state index contributed by atoms with van der Waals surface area (Å²) < 4.78 is 7.62. The minimum absolute atomic E-state index is 0.932. The molecule has 4 rings (SSSR count). The van der Waals surface area contributed by atoms with Gasteiger partial charge in [-0.15, -0.1) is 0 Å². The summed E-state index contributed by atoms with van der Waals surface area (Å²) in [5.74, 6) is 0.932. The smallest absolute Gasteiger partial charge is 0.120 e. The number of aromatic nitrogens is 2. The van der Waals surface area contributed by atoms with E-state index in [1.807, 2.05) is 18.5 Å². The number of aryl methyl sites for hydroxylation is 1. The third-order valence-corrected chi connectivity index (χ3v) is 5.44. The van der Waals surface area contributed by atoms with Crippen LogP contribution in [0.3, 0.4) is 0 Å². The number of imidazole rings is 1. The number of ether oxygens (including phenoxy) is 1. The highest BCUT2D eigenvalue weighted by Gasteiger charge is 2.17. The number of para-hydroxylation sites is 2. The number of unbranched alkanes of at least 4 members (excludes halogenated alkanes) is 1. The number of rotatable bonds is 7. The molecule has 0 spiro atoms. The quantitative estimate of drug-likeness (QED) is 0.599. The number of methoxy groups -OCH3 is 1. The molecule has 0 N–H and O–H groups in total. The third-order valence-electron chi connectivity index (χ3n) is 5.44. The van der Waals surface area contributed by atoms with Crippen molar-refractivity contribution in [2.75, 3.05) is 44.7 Å². The van der Waals surface area contributed by atoms with Crippen LogP contribution in [0.1, 0.15) is 12.8 Å². The number of piperazine rings is 1. The molecule has 1 fully saturated rings. The Kier molecular flexibility index (Phi) is 5.58. The average molecular weight is 364 g/mol. The topological polar surface area (TPSA) is 33.5 Å². The summed E-state index contributed by atoms with van der Waals surface area (Å²) in [6.45, 7) is 6.65. The van der Waals surface area contributed by atoms with Crippen molar-refractivity contribution in [3.63, 3.8) is 0 Å². The largest absolute Gasteiger partial charge is 0.497 e. The molecule has 0 atom stereocenters. The highest BCUT2D eigenvalue weighted by atomic mass is 16.5. The molecule has 3 aromatic rings. The van der Waals surface area contributed by atoms with Crippen LogP contribution in [-0.2, 0) is 6.54 Å². The SMILES string of the molecule is COc1cccc(N2CCN(CCCCn3cnc4ccccc43)CC2)c1. The second kappa shape index (κ2) is 8.44. The third kappa shape index (κ3) is 4.25. The summed E-state index contributed by atoms with van der Waals surface area (Å²) in [5.41, 5.74) is 3.59. The van der Waals surface area contributed by atoms with Crippen molar-refractivity contribution in [2.45, 2.75) is 19.4 Å². The maximum atomic E-state index is 5.35. The molecule has 0 aliphatic carbocycles. The molecule has 0 unspecified atom stereocenters. The fourth-order valence-electron chi connectivity index (χ4n) is 3.84. The van der Waals surface area contributed by atoms with Crippen LogP contribution in [0.15, 0.2) is 54.9 Å². The van der Waals surface area contributed by atoms with Gasteiger partial charge < -0.3 is 14.2 Å². The average Bonchev–Trinajstić information content (AvgIpc) is 3.15. The van der Waals surface area contributed by atoms with Crippen LogP contribution in [0.2, 0.25) is 0 Å². The minimum atomic E-state index is 0.932. The van der Waals surface area contributed by atoms with Crippen LogP contribution in [0.25, 0.3) is 11.0 Å². The first-order valence-corrected chi connectivity index (χ1v) is 9.85. The minimum Gasteiger partial charge on any atom is -0.497 e. The Labute approximate surface area is 161 Å². The van der Waals surface area contributed by atoms with Crippen LogP contribution >= 0.6 is 0 Å². The standard InChI is InChI=1S/C22H28N4O/c1-27-20-8-6-7-19(17-20)25-15-13-24(14-16-25)11-4-5-12-26-18-23-21-9-2-3-10-22(21)26/h2-3,6-10,17-18H,4-5,11-16H2,1H3. The van der Waals surface area contributed by atoms with E-state index >= 15 is 0 Å². The molecule has 1 aliphatic heterocycles. The first-order valence-electron chi connectivity index (χ1n) is 9.85. The van der Waals surface area contributed by atoms with E-state index in [0.29, 0.717) is 0 Å². The molecule has 5 nitrogen and oxygen atoms in total. The Bertz CT molecular complexity index is 867. The molecule has 142 valence electrons. The second-order valence-corrected chi connectivity index (χ2v) is 7.16. The summed E-state index contributed by atoms with van der Waals surface area (Å²) in [7, 11) is 1.73. The summed E-state index contributed by atoms with van der Waals surface area (Å²) in [6, 6.07) is 16.7. The van der Waals surface area contributed by atoms with Crippen molar-refractivity contribution in [3.05, 3.63) is 54.9 Å². The zero-order valence-electron chi connectivity index (χ0n) is 16.1. The zero-order valence-corrected chi connectivity index (χ0v) is 16.1. The maximum absolute atomic E-state index is 5.35. The van der Waals surface area contributed by atoms with Gasteiger partial charge in [0.05, 0.1) is 24.5 Å². The van der Waals surface area contributed by atoms with Gasteiger partial charge in [-0.1, -0.05) is 18.2 Å². The molecule has 1 saturated heterocycles. The molecule has 0 amide bonds. The Morgan fingerprint density at radius 3 is 2.59 bits per heavy atom. The summed E-state index contributed by atoms with van der Waals surface area (Å²) >= 11 is 0. The Balaban J connectivity index is 1.20. The van der Waals surface area contributed by atoms with E-state index < -0.39 is 0 Å². The van der Waals surface area contributed by atoms with Gasteiger partial charge in [0.15, 0.2) is 0 Å². The molecular formula is C22H28N4O. The molecule has 2 heterocycles. The highest BCUT2D eigenvalue weighted by molar-refractivity contribution is 5.74. The highest BCUT2D eigenvalue weighted by Crippen LogP contribution is 2.22. The number of anilines is 1. The van der Waals surface area contributed by atoms with Gasteiger partial charge in [-0.2, -0.15) is 0 Å². The zero-order chi connectivity index (χ0) is 18.5. The van der Waals surface area contributed by atoms with Gasteiger partial charge in [-0.05, 0) is 43.7 Å². The number of fused-ring (bicyclic) bond motifs is 1. The fraction of sp³-hybridized carbons (Fsp3) is 0.409. The van der Waals surface area contributed by atoms with E-state index in [4.69, 9.17) is 4.74 Å². The van der Waals surface area contributed by atoms with Crippen LogP contribution in [0.4, 0.5) is 5.69 Å². The lowest BCUT2D eigenvalue weighted by Gasteiger charge is -2.36. The monoisotopic (exact) mass is 364 g/mol. The lowest BCUT2D eigenvalue weighted by molar-refractivity contribution is 0.251. The van der Waals surface area contributed by atoms with Gasteiger partial charge in [0.2, 0.25) is 0 Å². The van der Waals surface area contributed by atoms with Crippen molar-refractivity contribution < 1.29 is 4.74 Å². The van der Waals surface area contributed by atoms with Gasteiger partial charge in [-0.25, -0.2) is 4.98 Å². The lowest BCUT2D eigenvalue weighted by atomic mass is 10.2. The number of hydrogen-bond donors (Lipinski definition) is 0. The molecule has 2 aromatic carbocycles. The van der Waals surface area contributed by atoms with Crippen molar-refractivity contribution in [2.24, 2.45) is 0 Å². The Morgan fingerprint density at radius 1 is 0.926 bits per heavy atom. The van der Waals surface area contributed by atoms with Gasteiger partial charge in [0.1, 0.15) is 5.75 Å². The second-order valence-electron chi connectivity index (χ2n) is 7.16. The first kappa shape index (κ1) is 17.9. The normalized spacial score (nSPS) is 15.4. The fourth-order valence-corrected chi connectivity index (χ4v) is 3.84. The predicted octanol–water partition coefficient (Wildman–Crippen LogP) is 3.65. The van der Waals surface area contributed by atoms with Crippen molar-refractivity contribution in [1.29, 1.82) is 0 Å². The van der Waals surface area contributed by atoms with Crippen molar-refractivity contribution >= 4 is 16.7 Å². The first-order chi connectivity index (χ1) is 13.3. The predicted molar refractivity (Wildman–Crippen MR) is 111 cm³/mol. The van der Waals surface area contributed by atoms with E-state index in [2.05, 4.69) is 55.7 Å². The summed E-state index contributed by atoms with van der Waals surface area (Å²) in [6.07, 6.45) is 4.39. The molecule has 27 heavy (non-hydrogen) atoms. The number of benzene rings is 2. The van der Waals surface area contributed by atoms with Gasteiger partial charge >= 0.3 is 0 Å². The Morgan fingerprint density at radius 2 is 1.74 bits per heavy atom. The Hall–Kier alpha value is -2.53. The molecule has 1 aliphatic rings. The van der Waals surface area contributed by atoms with E-state index in [1.165, 1.54) is 30.6 Å². The van der Waals surface area contributed by atoms with Crippen LogP contribution in [0, 0.1) is 0 Å².